The van der Waals surface area contributed by atoms with Crippen molar-refractivity contribution < 1.29 is 14.7 Å². The number of aromatic carboxylic acids is 1. The van der Waals surface area contributed by atoms with Gasteiger partial charge in [0.15, 0.2) is 0 Å². The first kappa shape index (κ1) is 15.8. The zero-order valence-corrected chi connectivity index (χ0v) is 13.9. The molecule has 0 radical (unpaired) electrons. The number of benzene rings is 2. The maximum atomic E-state index is 12.2. The normalized spacial score (nSPS) is 10.2. The minimum absolute atomic E-state index is 0.0555. The van der Waals surface area contributed by atoms with E-state index in [-0.39, 0.29) is 11.3 Å². The molecule has 0 aliphatic rings. The number of amides is 1. The summed E-state index contributed by atoms with van der Waals surface area (Å²) in [5, 5.41) is 12.3. The van der Waals surface area contributed by atoms with Crippen molar-refractivity contribution in [2.24, 2.45) is 0 Å². The Hall–Kier alpha value is -1.60. The summed E-state index contributed by atoms with van der Waals surface area (Å²) in [5.74, 6) is -1.49. The third kappa shape index (κ3) is 3.74. The molecule has 1 amide bonds. The van der Waals surface area contributed by atoms with Crippen LogP contribution in [0.4, 0.5) is 5.69 Å². The third-order valence-corrected chi connectivity index (χ3v) is 4.41. The zero-order chi connectivity index (χ0) is 15.6. The van der Waals surface area contributed by atoms with Gasteiger partial charge in [0.1, 0.15) is 0 Å². The van der Waals surface area contributed by atoms with Gasteiger partial charge in [-0.05, 0) is 59.8 Å². The maximum Gasteiger partial charge on any atom is 0.337 e. The molecule has 2 aromatic rings. The first-order valence-electron chi connectivity index (χ1n) is 5.99. The number of halogens is 2. The highest BCUT2D eigenvalue weighted by Crippen LogP contribution is 2.22. The van der Waals surface area contributed by atoms with Crippen LogP contribution >= 0.6 is 34.2 Å². The van der Waals surface area contributed by atoms with Gasteiger partial charge < -0.3 is 10.4 Å². The van der Waals surface area contributed by atoms with E-state index >= 15 is 0 Å². The lowest BCUT2D eigenvalue weighted by Crippen LogP contribution is -2.15. The highest BCUT2D eigenvalue weighted by molar-refractivity contribution is 14.1. The smallest absolute Gasteiger partial charge is 0.337 e. The van der Waals surface area contributed by atoms with Crippen molar-refractivity contribution in [3.8, 4) is 0 Å². The van der Waals surface area contributed by atoms with E-state index in [2.05, 4.69) is 27.9 Å². The van der Waals surface area contributed by atoms with Gasteiger partial charge in [0.2, 0.25) is 0 Å². The minimum Gasteiger partial charge on any atom is -0.478 e. The summed E-state index contributed by atoms with van der Waals surface area (Å²) in [7, 11) is 0. The molecule has 0 saturated heterocycles. The fraction of sp³-hybridized carbons (Fsp3) is 0.0667. The molecule has 0 aromatic heterocycles. The molecular formula is C15H11ClINO3. The summed E-state index contributed by atoms with van der Waals surface area (Å²) in [6.07, 6.45) is 0. The SMILES string of the molecule is Cc1ccc(NC(=O)c2ccc(I)c(Cl)c2)c(C(=O)O)c1. The van der Waals surface area contributed by atoms with Crippen LogP contribution in [0.3, 0.4) is 0 Å². The van der Waals surface area contributed by atoms with Crippen molar-refractivity contribution in [1.82, 2.24) is 0 Å². The van der Waals surface area contributed by atoms with Crippen LogP contribution in [0.25, 0.3) is 0 Å². The number of aryl methyl sites for hydroxylation is 1. The van der Waals surface area contributed by atoms with Crippen molar-refractivity contribution in [2.45, 2.75) is 6.92 Å². The summed E-state index contributed by atoms with van der Waals surface area (Å²) < 4.78 is 0.840. The molecule has 6 heteroatoms. The highest BCUT2D eigenvalue weighted by atomic mass is 127. The van der Waals surface area contributed by atoms with Gasteiger partial charge in [-0.15, -0.1) is 0 Å². The molecule has 2 aromatic carbocycles. The lowest BCUT2D eigenvalue weighted by Gasteiger charge is -2.10. The van der Waals surface area contributed by atoms with E-state index in [1.54, 1.807) is 37.3 Å². The second-order valence-corrected chi connectivity index (χ2v) is 6.01. The fourth-order valence-corrected chi connectivity index (χ4v) is 2.29. The van der Waals surface area contributed by atoms with Crippen molar-refractivity contribution >= 4 is 51.8 Å². The largest absolute Gasteiger partial charge is 0.478 e. The summed E-state index contributed by atoms with van der Waals surface area (Å²) in [5.41, 5.74) is 1.49. The van der Waals surface area contributed by atoms with Gasteiger partial charge >= 0.3 is 5.97 Å². The van der Waals surface area contributed by atoms with Gasteiger partial charge in [0.05, 0.1) is 16.3 Å². The Kier molecular flexibility index (Phi) is 4.84. The molecule has 0 atom stereocenters. The Labute approximate surface area is 140 Å². The number of anilines is 1. The second-order valence-electron chi connectivity index (χ2n) is 4.44. The van der Waals surface area contributed by atoms with Crippen LogP contribution < -0.4 is 5.32 Å². The molecule has 0 fully saturated rings. The van der Waals surface area contributed by atoms with Crippen LogP contribution in [-0.4, -0.2) is 17.0 Å². The van der Waals surface area contributed by atoms with Crippen LogP contribution in [0.5, 0.6) is 0 Å². The molecule has 0 aliphatic carbocycles. The van der Waals surface area contributed by atoms with E-state index in [0.29, 0.717) is 10.6 Å². The molecule has 2 rings (SSSR count). The Bertz CT molecular complexity index is 731. The van der Waals surface area contributed by atoms with Gasteiger partial charge in [-0.3, -0.25) is 4.79 Å². The average Bonchev–Trinajstić information content (AvgIpc) is 2.43. The molecule has 0 heterocycles. The van der Waals surface area contributed by atoms with Gasteiger partial charge in [0, 0.05) is 9.13 Å². The van der Waals surface area contributed by atoms with Crippen LogP contribution in [-0.2, 0) is 0 Å². The second kappa shape index (κ2) is 6.44. The highest BCUT2D eigenvalue weighted by Gasteiger charge is 2.14. The van der Waals surface area contributed by atoms with E-state index in [1.807, 2.05) is 0 Å². The van der Waals surface area contributed by atoms with Gasteiger partial charge in [-0.25, -0.2) is 4.79 Å². The number of hydrogen-bond donors (Lipinski definition) is 2. The van der Waals surface area contributed by atoms with Crippen molar-refractivity contribution in [3.63, 3.8) is 0 Å². The maximum absolute atomic E-state index is 12.2. The molecule has 0 spiro atoms. The molecule has 0 saturated carbocycles. The zero-order valence-electron chi connectivity index (χ0n) is 11.0. The number of hydrogen-bond acceptors (Lipinski definition) is 2. The van der Waals surface area contributed by atoms with Crippen LogP contribution in [0.1, 0.15) is 26.3 Å². The first-order chi connectivity index (χ1) is 9.88. The van der Waals surface area contributed by atoms with Crippen molar-refractivity contribution in [1.29, 1.82) is 0 Å². The van der Waals surface area contributed by atoms with Gasteiger partial charge in [0.25, 0.3) is 5.91 Å². The van der Waals surface area contributed by atoms with E-state index in [1.165, 1.54) is 6.07 Å². The van der Waals surface area contributed by atoms with Crippen LogP contribution in [0.15, 0.2) is 36.4 Å². The van der Waals surface area contributed by atoms with E-state index in [4.69, 9.17) is 11.6 Å². The molecule has 2 N–H and O–H groups in total. The van der Waals surface area contributed by atoms with Crippen LogP contribution in [0, 0.1) is 10.5 Å². The Morgan fingerprint density at radius 1 is 1.19 bits per heavy atom. The molecule has 21 heavy (non-hydrogen) atoms. The number of rotatable bonds is 3. The number of carbonyl (C=O) groups is 2. The molecule has 0 aliphatic heterocycles. The number of carbonyl (C=O) groups excluding carboxylic acids is 1. The summed E-state index contributed by atoms with van der Waals surface area (Å²) in [4.78, 5) is 23.4. The van der Waals surface area contributed by atoms with Crippen LogP contribution in [0.2, 0.25) is 5.02 Å². The quantitative estimate of drug-likeness (QED) is 0.738. The number of carboxylic acids is 1. The van der Waals surface area contributed by atoms with E-state index in [0.717, 1.165) is 9.13 Å². The molecule has 0 bridgehead atoms. The van der Waals surface area contributed by atoms with Gasteiger partial charge in [-0.2, -0.15) is 0 Å². The minimum atomic E-state index is -1.09. The summed E-state index contributed by atoms with van der Waals surface area (Å²) in [6.45, 7) is 1.79. The first-order valence-corrected chi connectivity index (χ1v) is 7.44. The van der Waals surface area contributed by atoms with Crippen molar-refractivity contribution in [3.05, 3.63) is 61.7 Å². The third-order valence-electron chi connectivity index (χ3n) is 2.84. The summed E-state index contributed by atoms with van der Waals surface area (Å²) in [6, 6.07) is 9.74. The number of nitrogens with one attached hydrogen (secondary N) is 1. The Morgan fingerprint density at radius 2 is 1.90 bits per heavy atom. The van der Waals surface area contributed by atoms with E-state index in [9.17, 15) is 14.7 Å². The average molecular weight is 416 g/mol. The Balaban J connectivity index is 2.31. The predicted octanol–water partition coefficient (Wildman–Crippen LogP) is 4.20. The lowest BCUT2D eigenvalue weighted by atomic mass is 10.1. The number of carboxylic acid groups (broad SMARTS) is 1. The van der Waals surface area contributed by atoms with Crippen molar-refractivity contribution in [2.75, 3.05) is 5.32 Å². The predicted molar refractivity (Wildman–Crippen MR) is 90.3 cm³/mol. The lowest BCUT2D eigenvalue weighted by molar-refractivity contribution is 0.0698. The Morgan fingerprint density at radius 3 is 2.52 bits per heavy atom. The topological polar surface area (TPSA) is 66.4 Å². The molecule has 4 nitrogen and oxygen atoms in total. The van der Waals surface area contributed by atoms with Gasteiger partial charge in [-0.1, -0.05) is 23.2 Å². The monoisotopic (exact) mass is 415 g/mol. The summed E-state index contributed by atoms with van der Waals surface area (Å²) >= 11 is 8.05. The fourth-order valence-electron chi connectivity index (χ4n) is 1.78. The molecule has 0 unspecified atom stereocenters. The standard InChI is InChI=1S/C15H11ClINO3/c1-8-2-5-13(10(6-8)15(20)21)18-14(19)9-3-4-12(17)11(16)7-9/h2-7H,1H3,(H,18,19)(H,20,21). The van der Waals surface area contributed by atoms with E-state index < -0.39 is 11.9 Å². The molecule has 108 valence electrons. The molecular weight excluding hydrogens is 405 g/mol.